The molecule has 1 N–H and O–H groups in total. The number of nitrogens with zero attached hydrogens (tertiary/aromatic N) is 1. The van der Waals surface area contributed by atoms with Crippen molar-refractivity contribution in [2.24, 2.45) is 11.3 Å². The lowest BCUT2D eigenvalue weighted by Crippen LogP contribution is -2.49. The number of hydrogen-bond donors (Lipinski definition) is 1. The van der Waals surface area contributed by atoms with Crippen LogP contribution in [0.25, 0.3) is 0 Å². The van der Waals surface area contributed by atoms with Gasteiger partial charge in [-0.15, -0.1) is 0 Å². The lowest BCUT2D eigenvalue weighted by molar-refractivity contribution is -0.162. The summed E-state index contributed by atoms with van der Waals surface area (Å²) in [7, 11) is -2.10. The first-order valence-corrected chi connectivity index (χ1v) is 11.8. The van der Waals surface area contributed by atoms with Crippen LogP contribution >= 0.6 is 0 Å². The number of hydrogen-bond acceptors (Lipinski definition) is 6. The highest BCUT2D eigenvalue weighted by atomic mass is 32.2. The van der Waals surface area contributed by atoms with Gasteiger partial charge >= 0.3 is 5.97 Å². The van der Waals surface area contributed by atoms with Crippen LogP contribution in [-0.2, 0) is 24.3 Å². The third-order valence-corrected chi connectivity index (χ3v) is 7.21. The van der Waals surface area contributed by atoms with E-state index in [0.29, 0.717) is 50.6 Å². The third-order valence-electron chi connectivity index (χ3n) is 5.79. The maximum absolute atomic E-state index is 13.0. The Labute approximate surface area is 178 Å². The maximum Gasteiger partial charge on any atom is 0.314 e. The molecule has 1 amide bonds. The van der Waals surface area contributed by atoms with Crippen molar-refractivity contribution < 1.29 is 27.5 Å². The van der Waals surface area contributed by atoms with Gasteiger partial charge in [-0.3, -0.25) is 9.59 Å². The SMILES string of the molecule is CCOC(=O)C1(COC)CCN(C(=O)c2cccc(S(=O)(=O)NCC3CC3)c2)CC1. The number of ether oxygens (including phenoxy) is 2. The Morgan fingerprint density at radius 1 is 1.23 bits per heavy atom. The second-order valence-corrected chi connectivity index (χ2v) is 9.82. The van der Waals surface area contributed by atoms with Gasteiger partial charge in [-0.1, -0.05) is 6.07 Å². The van der Waals surface area contributed by atoms with Crippen molar-refractivity contribution in [2.75, 3.05) is 40.0 Å². The minimum absolute atomic E-state index is 0.0891. The lowest BCUT2D eigenvalue weighted by atomic mass is 9.79. The topological polar surface area (TPSA) is 102 Å². The Morgan fingerprint density at radius 3 is 2.53 bits per heavy atom. The molecule has 0 atom stereocenters. The number of nitrogens with one attached hydrogen (secondary N) is 1. The monoisotopic (exact) mass is 438 g/mol. The van der Waals surface area contributed by atoms with Gasteiger partial charge in [-0.25, -0.2) is 13.1 Å². The Morgan fingerprint density at radius 2 is 1.93 bits per heavy atom. The van der Waals surface area contributed by atoms with Crippen molar-refractivity contribution >= 4 is 21.9 Å². The molecule has 30 heavy (non-hydrogen) atoms. The van der Waals surface area contributed by atoms with E-state index >= 15 is 0 Å². The molecule has 0 bridgehead atoms. The number of carbonyl (C=O) groups excluding carboxylic acids is 2. The predicted octanol–water partition coefficient (Wildman–Crippen LogP) is 1.81. The standard InChI is InChI=1S/C21H30N2O6S/c1-3-29-20(25)21(15-28-2)9-11-23(12-10-21)19(24)17-5-4-6-18(13-17)30(26,27)22-14-16-7-8-16/h4-6,13,16,22H,3,7-12,14-15H2,1-2H3. The fourth-order valence-electron chi connectivity index (χ4n) is 3.72. The molecule has 2 fully saturated rings. The molecular formula is C21H30N2O6S. The average molecular weight is 439 g/mol. The van der Waals surface area contributed by atoms with Gasteiger partial charge < -0.3 is 14.4 Å². The van der Waals surface area contributed by atoms with Crippen LogP contribution < -0.4 is 4.72 Å². The van der Waals surface area contributed by atoms with Gasteiger partial charge in [-0.05, 0) is 56.7 Å². The summed E-state index contributed by atoms with van der Waals surface area (Å²) in [5.74, 6) is -0.123. The second kappa shape index (κ2) is 9.45. The Kier molecular flexibility index (Phi) is 7.15. The van der Waals surface area contributed by atoms with Gasteiger partial charge in [0.15, 0.2) is 0 Å². The summed E-state index contributed by atoms with van der Waals surface area (Å²) in [5, 5.41) is 0. The third kappa shape index (κ3) is 5.19. The summed E-state index contributed by atoms with van der Waals surface area (Å²) >= 11 is 0. The summed E-state index contributed by atoms with van der Waals surface area (Å²) in [4.78, 5) is 27.2. The zero-order valence-corrected chi connectivity index (χ0v) is 18.4. The number of piperidine rings is 1. The number of sulfonamides is 1. The number of methoxy groups -OCH3 is 1. The zero-order chi connectivity index (χ0) is 21.8. The molecule has 0 aromatic heterocycles. The van der Waals surface area contributed by atoms with Crippen LogP contribution in [0.2, 0.25) is 0 Å². The molecule has 1 heterocycles. The minimum Gasteiger partial charge on any atom is -0.465 e. The largest absolute Gasteiger partial charge is 0.465 e. The van der Waals surface area contributed by atoms with Crippen molar-refractivity contribution in [1.29, 1.82) is 0 Å². The van der Waals surface area contributed by atoms with Crippen LogP contribution in [-0.4, -0.2) is 65.2 Å². The van der Waals surface area contributed by atoms with Gasteiger partial charge in [0.2, 0.25) is 10.0 Å². The predicted molar refractivity (Wildman–Crippen MR) is 110 cm³/mol. The van der Waals surface area contributed by atoms with Crippen molar-refractivity contribution in [3.63, 3.8) is 0 Å². The van der Waals surface area contributed by atoms with Crippen LogP contribution in [0.1, 0.15) is 43.0 Å². The summed E-state index contributed by atoms with van der Waals surface area (Å²) in [6.07, 6.45) is 2.97. The normalized spacial score (nSPS) is 18.8. The van der Waals surface area contributed by atoms with E-state index in [9.17, 15) is 18.0 Å². The second-order valence-electron chi connectivity index (χ2n) is 8.05. The quantitative estimate of drug-likeness (QED) is 0.590. The number of rotatable bonds is 9. The molecule has 2 aliphatic rings. The molecule has 8 nitrogen and oxygen atoms in total. The summed E-state index contributed by atoms with van der Waals surface area (Å²) in [6.45, 7) is 3.48. The number of amides is 1. The highest BCUT2D eigenvalue weighted by Crippen LogP contribution is 2.34. The number of esters is 1. The molecule has 0 unspecified atom stereocenters. The van der Waals surface area contributed by atoms with Crippen molar-refractivity contribution in [3.8, 4) is 0 Å². The molecule has 1 aliphatic heterocycles. The highest BCUT2D eigenvalue weighted by Gasteiger charge is 2.43. The van der Waals surface area contributed by atoms with E-state index in [4.69, 9.17) is 9.47 Å². The van der Waals surface area contributed by atoms with E-state index in [1.54, 1.807) is 31.1 Å². The first-order chi connectivity index (χ1) is 14.3. The summed E-state index contributed by atoms with van der Waals surface area (Å²) in [6, 6.07) is 6.10. The van der Waals surface area contributed by atoms with E-state index in [1.165, 1.54) is 12.1 Å². The van der Waals surface area contributed by atoms with E-state index in [0.717, 1.165) is 12.8 Å². The first kappa shape index (κ1) is 22.7. The molecular weight excluding hydrogens is 408 g/mol. The van der Waals surface area contributed by atoms with Crippen LogP contribution in [0.5, 0.6) is 0 Å². The van der Waals surface area contributed by atoms with Gasteiger partial charge in [0, 0.05) is 32.3 Å². The molecule has 1 aromatic rings. The fraction of sp³-hybridized carbons (Fsp3) is 0.619. The number of carbonyl (C=O) groups is 2. The fourth-order valence-corrected chi connectivity index (χ4v) is 4.88. The van der Waals surface area contributed by atoms with Crippen molar-refractivity contribution in [3.05, 3.63) is 29.8 Å². The van der Waals surface area contributed by atoms with E-state index < -0.39 is 15.4 Å². The van der Waals surface area contributed by atoms with E-state index in [1.807, 2.05) is 0 Å². The Bertz CT molecular complexity index is 873. The molecule has 9 heteroatoms. The molecule has 1 saturated heterocycles. The van der Waals surface area contributed by atoms with Crippen LogP contribution in [0.15, 0.2) is 29.2 Å². The summed E-state index contributed by atoms with van der Waals surface area (Å²) < 4.78 is 38.1. The van der Waals surface area contributed by atoms with Crippen molar-refractivity contribution in [1.82, 2.24) is 9.62 Å². The molecule has 1 aliphatic carbocycles. The van der Waals surface area contributed by atoms with Gasteiger partial charge in [-0.2, -0.15) is 0 Å². The van der Waals surface area contributed by atoms with Crippen LogP contribution in [0, 0.1) is 11.3 Å². The molecule has 0 spiro atoms. The highest BCUT2D eigenvalue weighted by molar-refractivity contribution is 7.89. The maximum atomic E-state index is 13.0. The van der Waals surface area contributed by atoms with Gasteiger partial charge in [0.05, 0.1) is 23.5 Å². The van der Waals surface area contributed by atoms with Crippen LogP contribution in [0.3, 0.4) is 0 Å². The molecule has 3 rings (SSSR count). The van der Waals surface area contributed by atoms with Crippen LogP contribution in [0.4, 0.5) is 0 Å². The van der Waals surface area contributed by atoms with Gasteiger partial charge in [0.25, 0.3) is 5.91 Å². The van der Waals surface area contributed by atoms with E-state index in [-0.39, 0.29) is 23.4 Å². The number of benzene rings is 1. The molecule has 1 saturated carbocycles. The lowest BCUT2D eigenvalue weighted by Gasteiger charge is -2.39. The average Bonchev–Trinajstić information content (AvgIpc) is 3.57. The first-order valence-electron chi connectivity index (χ1n) is 10.4. The molecule has 0 radical (unpaired) electrons. The number of likely N-dealkylation sites (tertiary alicyclic amines) is 1. The van der Waals surface area contributed by atoms with Crippen molar-refractivity contribution in [2.45, 2.75) is 37.5 Å². The zero-order valence-electron chi connectivity index (χ0n) is 17.6. The Hall–Kier alpha value is -1.97. The van der Waals surface area contributed by atoms with E-state index in [2.05, 4.69) is 4.72 Å². The molecule has 166 valence electrons. The minimum atomic E-state index is -3.64. The Balaban J connectivity index is 1.68. The van der Waals surface area contributed by atoms with Gasteiger partial charge in [0.1, 0.15) is 0 Å². The molecule has 1 aromatic carbocycles. The smallest absolute Gasteiger partial charge is 0.314 e. The summed E-state index contributed by atoms with van der Waals surface area (Å²) in [5.41, 5.74) is -0.431.